The SMILES string of the molecule is CC(C)(C)N1CC(C(=O)NC(CO)(CO)CO)CC1=O. The molecule has 1 aliphatic heterocycles. The van der Waals surface area contributed by atoms with Crippen molar-refractivity contribution in [3.05, 3.63) is 0 Å². The number of aliphatic hydroxyl groups excluding tert-OH is 3. The lowest BCUT2D eigenvalue weighted by atomic mass is 10.0. The maximum atomic E-state index is 12.1. The van der Waals surface area contributed by atoms with Gasteiger partial charge in [0.2, 0.25) is 11.8 Å². The van der Waals surface area contributed by atoms with Crippen LogP contribution in [0.1, 0.15) is 27.2 Å². The van der Waals surface area contributed by atoms with E-state index in [1.165, 1.54) is 0 Å². The second kappa shape index (κ2) is 6.07. The van der Waals surface area contributed by atoms with Crippen molar-refractivity contribution in [2.24, 2.45) is 5.92 Å². The molecule has 7 nitrogen and oxygen atoms in total. The molecule has 0 bridgehead atoms. The molecule has 1 unspecified atom stereocenters. The molecule has 1 heterocycles. The minimum absolute atomic E-state index is 0.0970. The van der Waals surface area contributed by atoms with Crippen LogP contribution < -0.4 is 5.32 Å². The summed E-state index contributed by atoms with van der Waals surface area (Å²) < 4.78 is 0. The maximum Gasteiger partial charge on any atom is 0.226 e. The molecule has 116 valence electrons. The van der Waals surface area contributed by atoms with Gasteiger partial charge in [-0.25, -0.2) is 0 Å². The first-order chi connectivity index (χ1) is 9.19. The minimum atomic E-state index is -1.45. The number of hydrogen-bond donors (Lipinski definition) is 4. The molecule has 0 saturated carbocycles. The fourth-order valence-corrected chi connectivity index (χ4v) is 2.16. The van der Waals surface area contributed by atoms with E-state index in [-0.39, 0.29) is 17.9 Å². The molecule has 7 heteroatoms. The zero-order valence-electron chi connectivity index (χ0n) is 12.2. The average molecular weight is 288 g/mol. The first-order valence-electron chi connectivity index (χ1n) is 6.64. The molecule has 2 amide bonds. The fraction of sp³-hybridized carbons (Fsp3) is 0.846. The third-order valence-corrected chi connectivity index (χ3v) is 3.60. The lowest BCUT2D eigenvalue weighted by Crippen LogP contribution is -2.58. The molecule has 0 radical (unpaired) electrons. The fourth-order valence-electron chi connectivity index (χ4n) is 2.16. The number of carbonyl (C=O) groups is 2. The molecular weight excluding hydrogens is 264 g/mol. The molecule has 20 heavy (non-hydrogen) atoms. The Balaban J connectivity index is 2.74. The zero-order chi connectivity index (χ0) is 15.6. The molecule has 0 aromatic rings. The molecule has 0 aromatic carbocycles. The molecule has 4 N–H and O–H groups in total. The van der Waals surface area contributed by atoms with Gasteiger partial charge in [0.05, 0.1) is 25.7 Å². The summed E-state index contributed by atoms with van der Waals surface area (Å²) in [6.07, 6.45) is 0.0987. The van der Waals surface area contributed by atoms with Gasteiger partial charge in [-0.3, -0.25) is 9.59 Å². The van der Waals surface area contributed by atoms with E-state index in [1.54, 1.807) is 4.90 Å². The number of rotatable bonds is 5. The summed E-state index contributed by atoms with van der Waals surface area (Å²) in [6.45, 7) is 4.26. The Morgan fingerprint density at radius 2 is 1.75 bits per heavy atom. The highest BCUT2D eigenvalue weighted by atomic mass is 16.3. The number of hydrogen-bond acceptors (Lipinski definition) is 5. The van der Waals surface area contributed by atoms with E-state index in [2.05, 4.69) is 5.32 Å². The van der Waals surface area contributed by atoms with Gasteiger partial charge >= 0.3 is 0 Å². The van der Waals surface area contributed by atoms with Crippen molar-refractivity contribution < 1.29 is 24.9 Å². The monoisotopic (exact) mass is 288 g/mol. The summed E-state index contributed by atoms with van der Waals surface area (Å²) >= 11 is 0. The Kier molecular flexibility index (Phi) is 5.12. The Labute approximate surface area is 118 Å². The van der Waals surface area contributed by atoms with E-state index >= 15 is 0 Å². The van der Waals surface area contributed by atoms with Crippen LogP contribution in [0.4, 0.5) is 0 Å². The van der Waals surface area contributed by atoms with E-state index in [0.717, 1.165) is 0 Å². The number of carbonyl (C=O) groups excluding carboxylic acids is 2. The van der Waals surface area contributed by atoms with Crippen molar-refractivity contribution in [2.45, 2.75) is 38.3 Å². The predicted molar refractivity (Wildman–Crippen MR) is 71.7 cm³/mol. The normalized spacial score (nSPS) is 20.4. The third kappa shape index (κ3) is 3.47. The van der Waals surface area contributed by atoms with Crippen LogP contribution in [0.2, 0.25) is 0 Å². The summed E-state index contributed by atoms with van der Waals surface area (Å²) in [7, 11) is 0. The molecule has 0 aromatic heterocycles. The van der Waals surface area contributed by atoms with Crippen molar-refractivity contribution in [3.8, 4) is 0 Å². The highest BCUT2D eigenvalue weighted by Gasteiger charge is 2.41. The molecule has 1 atom stereocenters. The molecule has 0 spiro atoms. The number of likely N-dealkylation sites (tertiary alicyclic amines) is 1. The van der Waals surface area contributed by atoms with Gasteiger partial charge in [0.25, 0.3) is 0 Å². The summed E-state index contributed by atoms with van der Waals surface area (Å²) in [4.78, 5) is 25.7. The van der Waals surface area contributed by atoms with Crippen LogP contribution in [0.25, 0.3) is 0 Å². The maximum absolute atomic E-state index is 12.1. The summed E-state index contributed by atoms with van der Waals surface area (Å²) in [5.41, 5.74) is -1.80. The second-order valence-corrected chi connectivity index (χ2v) is 6.32. The predicted octanol–water partition coefficient (Wildman–Crippen LogP) is -1.53. The minimum Gasteiger partial charge on any atom is -0.394 e. The van der Waals surface area contributed by atoms with Gasteiger partial charge in [-0.15, -0.1) is 0 Å². The van der Waals surface area contributed by atoms with Gasteiger partial charge in [0.15, 0.2) is 0 Å². The molecule has 1 saturated heterocycles. The lowest BCUT2D eigenvalue weighted by Gasteiger charge is -2.33. The number of nitrogens with one attached hydrogen (secondary N) is 1. The highest BCUT2D eigenvalue weighted by Crippen LogP contribution is 2.26. The van der Waals surface area contributed by atoms with E-state index in [0.29, 0.717) is 6.54 Å². The average Bonchev–Trinajstić information content (AvgIpc) is 2.78. The Morgan fingerprint density at radius 1 is 1.25 bits per heavy atom. The van der Waals surface area contributed by atoms with Crippen molar-refractivity contribution in [1.82, 2.24) is 10.2 Å². The second-order valence-electron chi connectivity index (χ2n) is 6.32. The first-order valence-corrected chi connectivity index (χ1v) is 6.64. The van der Waals surface area contributed by atoms with E-state index in [4.69, 9.17) is 0 Å². The van der Waals surface area contributed by atoms with E-state index in [1.807, 2.05) is 20.8 Å². The number of nitrogens with zero attached hydrogens (tertiary/aromatic N) is 1. The van der Waals surface area contributed by atoms with Gasteiger partial charge in [0, 0.05) is 18.5 Å². The van der Waals surface area contributed by atoms with Crippen molar-refractivity contribution in [1.29, 1.82) is 0 Å². The van der Waals surface area contributed by atoms with Crippen molar-refractivity contribution in [3.63, 3.8) is 0 Å². The number of aliphatic hydroxyl groups is 3. The van der Waals surface area contributed by atoms with Crippen LogP contribution in [-0.4, -0.2) is 69.5 Å². The topological polar surface area (TPSA) is 110 Å². The van der Waals surface area contributed by atoms with Gasteiger partial charge in [-0.2, -0.15) is 0 Å². The van der Waals surface area contributed by atoms with Gasteiger partial charge < -0.3 is 25.5 Å². The Morgan fingerprint density at radius 3 is 2.10 bits per heavy atom. The number of amides is 2. The van der Waals surface area contributed by atoms with Crippen molar-refractivity contribution >= 4 is 11.8 Å². The molecule has 1 aliphatic rings. The van der Waals surface area contributed by atoms with Gasteiger partial charge in [-0.1, -0.05) is 0 Å². The lowest BCUT2D eigenvalue weighted by molar-refractivity contribution is -0.132. The smallest absolute Gasteiger partial charge is 0.226 e. The molecular formula is C13H24N2O5. The molecule has 0 aliphatic carbocycles. The van der Waals surface area contributed by atoms with Crippen LogP contribution in [0.3, 0.4) is 0 Å². The van der Waals surface area contributed by atoms with E-state index < -0.39 is 37.2 Å². The van der Waals surface area contributed by atoms with Crippen LogP contribution in [-0.2, 0) is 9.59 Å². The van der Waals surface area contributed by atoms with Gasteiger partial charge in [-0.05, 0) is 20.8 Å². The summed E-state index contributed by atoms with van der Waals surface area (Å²) in [5, 5.41) is 30.0. The largest absolute Gasteiger partial charge is 0.394 e. The quantitative estimate of drug-likeness (QED) is 0.490. The van der Waals surface area contributed by atoms with Crippen LogP contribution in [0.15, 0.2) is 0 Å². The van der Waals surface area contributed by atoms with Crippen molar-refractivity contribution in [2.75, 3.05) is 26.4 Å². The zero-order valence-corrected chi connectivity index (χ0v) is 12.2. The van der Waals surface area contributed by atoms with Crippen LogP contribution in [0, 0.1) is 5.92 Å². The summed E-state index contributed by atoms with van der Waals surface area (Å²) in [5.74, 6) is -1.08. The molecule has 1 fully saturated rings. The first kappa shape index (κ1) is 16.9. The molecule has 1 rings (SSSR count). The summed E-state index contributed by atoms with van der Waals surface area (Å²) in [6, 6.07) is 0. The van der Waals surface area contributed by atoms with Crippen LogP contribution >= 0.6 is 0 Å². The third-order valence-electron chi connectivity index (χ3n) is 3.60. The van der Waals surface area contributed by atoms with Gasteiger partial charge in [0.1, 0.15) is 5.54 Å². The highest BCUT2D eigenvalue weighted by molar-refractivity contribution is 5.90. The standard InChI is InChI=1S/C13H24N2O5/c1-12(2,3)15-5-9(4-10(15)19)11(20)14-13(6-16,7-17)8-18/h9,16-18H,4-8H2,1-3H3,(H,14,20). The Bertz CT molecular complexity index is 365. The van der Waals surface area contributed by atoms with E-state index in [9.17, 15) is 24.9 Å². The Hall–Kier alpha value is -1.18. The van der Waals surface area contributed by atoms with Crippen LogP contribution in [0.5, 0.6) is 0 Å².